The Morgan fingerprint density at radius 3 is 2.71 bits per heavy atom. The lowest BCUT2D eigenvalue weighted by Crippen LogP contribution is -2.16. The molecular weight excluding hydrogens is 270 g/mol. The lowest BCUT2D eigenvalue weighted by molar-refractivity contribution is -0.384. The van der Waals surface area contributed by atoms with Gasteiger partial charge in [-0.2, -0.15) is 4.98 Å². The van der Waals surface area contributed by atoms with Crippen LogP contribution in [0, 0.1) is 17.0 Å². The molecule has 0 aliphatic carbocycles. The normalized spacial score (nSPS) is 10.2. The molecule has 0 amide bonds. The molecule has 21 heavy (non-hydrogen) atoms. The summed E-state index contributed by atoms with van der Waals surface area (Å²) in [5.74, 6) is 0.638. The van der Waals surface area contributed by atoms with Crippen LogP contribution in [0.2, 0.25) is 0 Å². The molecule has 0 aliphatic rings. The van der Waals surface area contributed by atoms with Crippen molar-refractivity contribution in [3.05, 3.63) is 46.1 Å². The maximum absolute atomic E-state index is 11.2. The van der Waals surface area contributed by atoms with Crippen molar-refractivity contribution in [3.63, 3.8) is 0 Å². The van der Waals surface area contributed by atoms with E-state index >= 15 is 0 Å². The van der Waals surface area contributed by atoms with E-state index in [1.54, 1.807) is 11.9 Å². The van der Waals surface area contributed by atoms with Gasteiger partial charge in [-0.25, -0.2) is 4.98 Å². The zero-order valence-corrected chi connectivity index (χ0v) is 12.2. The first-order valence-corrected chi connectivity index (χ1v) is 6.59. The Balaban J connectivity index is 2.52. The summed E-state index contributed by atoms with van der Waals surface area (Å²) in [6.07, 6.45) is 1.23. The highest BCUT2D eigenvalue weighted by Crippen LogP contribution is 2.32. The lowest BCUT2D eigenvalue weighted by atomic mass is 10.2. The summed E-state index contributed by atoms with van der Waals surface area (Å²) in [6, 6.07) is 7.65. The quantitative estimate of drug-likeness (QED) is 0.672. The second kappa shape index (κ2) is 6.17. The van der Waals surface area contributed by atoms with E-state index in [0.29, 0.717) is 12.5 Å². The van der Waals surface area contributed by atoms with Crippen LogP contribution in [0.4, 0.5) is 23.1 Å². The first-order valence-electron chi connectivity index (χ1n) is 6.59. The molecule has 110 valence electrons. The van der Waals surface area contributed by atoms with Gasteiger partial charge in [-0.05, 0) is 25.5 Å². The van der Waals surface area contributed by atoms with Crippen molar-refractivity contribution < 1.29 is 4.92 Å². The summed E-state index contributed by atoms with van der Waals surface area (Å²) in [7, 11) is 1.76. The van der Waals surface area contributed by atoms with Crippen molar-refractivity contribution in [2.75, 3.05) is 23.8 Å². The molecule has 2 aromatic rings. The number of nitro groups is 1. The van der Waals surface area contributed by atoms with Crippen LogP contribution in [0.3, 0.4) is 0 Å². The smallest absolute Gasteiger partial charge is 0.330 e. The minimum absolute atomic E-state index is 0.123. The van der Waals surface area contributed by atoms with Gasteiger partial charge in [0.15, 0.2) is 0 Å². The molecule has 0 spiro atoms. The molecule has 2 rings (SSSR count). The van der Waals surface area contributed by atoms with Crippen molar-refractivity contribution in [3.8, 4) is 0 Å². The summed E-state index contributed by atoms with van der Waals surface area (Å²) in [5.41, 5.74) is 1.75. The predicted octanol–water partition coefficient (Wildman–Crippen LogP) is 2.89. The number of rotatable bonds is 5. The summed E-state index contributed by atoms with van der Waals surface area (Å²) in [5, 5.41) is 14.2. The second-order valence-corrected chi connectivity index (χ2v) is 4.54. The van der Waals surface area contributed by atoms with Gasteiger partial charge in [0.2, 0.25) is 11.8 Å². The molecule has 1 aromatic carbocycles. The van der Waals surface area contributed by atoms with Crippen LogP contribution in [0.25, 0.3) is 0 Å². The molecule has 1 N–H and O–H groups in total. The van der Waals surface area contributed by atoms with Crippen LogP contribution >= 0.6 is 0 Å². The maximum atomic E-state index is 11.2. The number of hydrogen-bond acceptors (Lipinski definition) is 6. The number of hydrogen-bond donors (Lipinski definition) is 1. The van der Waals surface area contributed by atoms with Crippen molar-refractivity contribution in [1.29, 1.82) is 0 Å². The minimum Gasteiger partial charge on any atom is -0.354 e. The minimum atomic E-state index is -0.472. The summed E-state index contributed by atoms with van der Waals surface area (Å²) >= 11 is 0. The molecule has 7 nitrogen and oxygen atoms in total. The monoisotopic (exact) mass is 287 g/mol. The van der Waals surface area contributed by atoms with Gasteiger partial charge < -0.3 is 10.2 Å². The van der Waals surface area contributed by atoms with Gasteiger partial charge >= 0.3 is 5.69 Å². The Morgan fingerprint density at radius 1 is 1.38 bits per heavy atom. The Bertz CT molecular complexity index is 660. The van der Waals surface area contributed by atoms with Crippen LogP contribution in [-0.4, -0.2) is 28.5 Å². The Labute approximate surface area is 122 Å². The van der Waals surface area contributed by atoms with Crippen LogP contribution in [0.5, 0.6) is 0 Å². The molecule has 0 saturated heterocycles. The number of benzene rings is 1. The molecule has 0 radical (unpaired) electrons. The standard InChI is InChI=1S/C14H17N5O2/c1-4-15-14-16-9-12(19(20)21)13(17-14)18(3)11-8-6-5-7-10(11)2/h5-9H,4H2,1-3H3,(H,15,16,17). The van der Waals surface area contributed by atoms with Crippen molar-refractivity contribution in [2.45, 2.75) is 13.8 Å². The van der Waals surface area contributed by atoms with E-state index in [1.807, 2.05) is 38.1 Å². The van der Waals surface area contributed by atoms with Crippen molar-refractivity contribution in [2.24, 2.45) is 0 Å². The Morgan fingerprint density at radius 2 is 2.10 bits per heavy atom. The van der Waals surface area contributed by atoms with Crippen molar-refractivity contribution in [1.82, 2.24) is 9.97 Å². The summed E-state index contributed by atoms with van der Waals surface area (Å²) in [4.78, 5) is 20.6. The molecule has 0 fully saturated rings. The van der Waals surface area contributed by atoms with E-state index in [2.05, 4.69) is 15.3 Å². The third-order valence-corrected chi connectivity index (χ3v) is 3.08. The molecule has 1 aromatic heterocycles. The van der Waals surface area contributed by atoms with E-state index in [9.17, 15) is 10.1 Å². The zero-order chi connectivity index (χ0) is 15.4. The fraction of sp³-hybridized carbons (Fsp3) is 0.286. The van der Waals surface area contributed by atoms with Gasteiger partial charge in [-0.3, -0.25) is 10.1 Å². The van der Waals surface area contributed by atoms with Crippen molar-refractivity contribution >= 4 is 23.1 Å². The number of nitrogens with one attached hydrogen (secondary N) is 1. The highest BCUT2D eigenvalue weighted by molar-refractivity contribution is 5.70. The molecule has 0 atom stereocenters. The Kier molecular flexibility index (Phi) is 4.32. The average molecular weight is 287 g/mol. The molecule has 0 aliphatic heterocycles. The fourth-order valence-corrected chi connectivity index (χ4v) is 2.04. The number of anilines is 3. The number of para-hydroxylation sites is 1. The van der Waals surface area contributed by atoms with Crippen LogP contribution < -0.4 is 10.2 Å². The molecular formula is C14H17N5O2. The van der Waals surface area contributed by atoms with E-state index in [0.717, 1.165) is 11.3 Å². The van der Waals surface area contributed by atoms with Crippen LogP contribution in [0.15, 0.2) is 30.5 Å². The van der Waals surface area contributed by atoms with Crippen LogP contribution in [-0.2, 0) is 0 Å². The topological polar surface area (TPSA) is 84.2 Å². The van der Waals surface area contributed by atoms with E-state index in [-0.39, 0.29) is 11.5 Å². The van der Waals surface area contributed by atoms with Gasteiger partial charge in [0.25, 0.3) is 0 Å². The summed E-state index contributed by atoms with van der Waals surface area (Å²) < 4.78 is 0. The molecule has 0 unspecified atom stereocenters. The zero-order valence-electron chi connectivity index (χ0n) is 12.2. The largest absolute Gasteiger partial charge is 0.354 e. The van der Waals surface area contributed by atoms with Gasteiger partial charge in [0, 0.05) is 19.3 Å². The maximum Gasteiger partial charge on any atom is 0.330 e. The van der Waals surface area contributed by atoms with E-state index in [1.165, 1.54) is 6.20 Å². The molecule has 0 bridgehead atoms. The van der Waals surface area contributed by atoms with Crippen LogP contribution in [0.1, 0.15) is 12.5 Å². The highest BCUT2D eigenvalue weighted by atomic mass is 16.6. The molecule has 0 saturated carbocycles. The summed E-state index contributed by atoms with van der Waals surface area (Å²) in [6.45, 7) is 4.50. The molecule has 7 heteroatoms. The first kappa shape index (κ1) is 14.7. The third kappa shape index (κ3) is 3.07. The SMILES string of the molecule is CCNc1ncc([N+](=O)[O-])c(N(C)c2ccccc2C)n1. The van der Waals surface area contributed by atoms with Gasteiger partial charge in [0.05, 0.1) is 4.92 Å². The second-order valence-electron chi connectivity index (χ2n) is 4.54. The first-order chi connectivity index (χ1) is 10.0. The average Bonchev–Trinajstić information content (AvgIpc) is 2.47. The van der Waals surface area contributed by atoms with Gasteiger partial charge in [0.1, 0.15) is 6.20 Å². The predicted molar refractivity (Wildman–Crippen MR) is 82.1 cm³/mol. The van der Waals surface area contributed by atoms with E-state index < -0.39 is 4.92 Å². The highest BCUT2D eigenvalue weighted by Gasteiger charge is 2.22. The van der Waals surface area contributed by atoms with Gasteiger partial charge in [-0.1, -0.05) is 18.2 Å². The Hall–Kier alpha value is -2.70. The fourth-order valence-electron chi connectivity index (χ4n) is 2.04. The lowest BCUT2D eigenvalue weighted by Gasteiger charge is -2.20. The van der Waals surface area contributed by atoms with Gasteiger partial charge in [-0.15, -0.1) is 0 Å². The molecule has 1 heterocycles. The van der Waals surface area contributed by atoms with E-state index in [4.69, 9.17) is 0 Å². The number of aromatic nitrogens is 2. The third-order valence-electron chi connectivity index (χ3n) is 3.08. The number of nitrogens with zero attached hydrogens (tertiary/aromatic N) is 4. The number of aryl methyl sites for hydroxylation is 1.